The van der Waals surface area contributed by atoms with E-state index in [1.54, 1.807) is 23.1 Å². The van der Waals surface area contributed by atoms with E-state index in [-0.39, 0.29) is 22.6 Å². The highest BCUT2D eigenvalue weighted by molar-refractivity contribution is 6.34. The minimum Gasteiger partial charge on any atom is -0.311 e. The SMILES string of the molecule is CC1(C)[C@H]2CC[C@]1(C)/C(=N/NC(=O)c1ccc(Cl)c(N3CCCC3=O)c1)C2. The van der Waals surface area contributed by atoms with Crippen molar-refractivity contribution in [1.82, 2.24) is 5.43 Å². The highest BCUT2D eigenvalue weighted by Gasteiger charge is 2.60. The molecule has 6 heteroatoms. The van der Waals surface area contributed by atoms with E-state index in [2.05, 4.69) is 31.3 Å². The van der Waals surface area contributed by atoms with Crippen molar-refractivity contribution in [3.8, 4) is 0 Å². The fourth-order valence-corrected chi connectivity index (χ4v) is 5.26. The molecule has 2 saturated carbocycles. The van der Waals surface area contributed by atoms with Gasteiger partial charge >= 0.3 is 0 Å². The molecule has 3 aliphatic rings. The lowest BCUT2D eigenvalue weighted by Crippen LogP contribution is -2.34. The molecule has 2 aliphatic carbocycles. The van der Waals surface area contributed by atoms with Crippen molar-refractivity contribution < 1.29 is 9.59 Å². The number of halogens is 1. The van der Waals surface area contributed by atoms with Gasteiger partial charge in [0.25, 0.3) is 5.91 Å². The van der Waals surface area contributed by atoms with Gasteiger partial charge in [0.15, 0.2) is 0 Å². The Labute approximate surface area is 165 Å². The van der Waals surface area contributed by atoms with Crippen LogP contribution in [0, 0.1) is 16.7 Å². The van der Waals surface area contributed by atoms with Gasteiger partial charge in [-0.25, -0.2) is 5.43 Å². The molecule has 144 valence electrons. The van der Waals surface area contributed by atoms with Gasteiger partial charge in [0.1, 0.15) is 0 Å². The van der Waals surface area contributed by atoms with Gasteiger partial charge in [-0.2, -0.15) is 5.10 Å². The van der Waals surface area contributed by atoms with Crippen LogP contribution in [0.4, 0.5) is 5.69 Å². The molecule has 1 aromatic rings. The van der Waals surface area contributed by atoms with E-state index in [4.69, 9.17) is 11.6 Å². The van der Waals surface area contributed by atoms with Gasteiger partial charge in [-0.15, -0.1) is 0 Å². The van der Waals surface area contributed by atoms with Crippen molar-refractivity contribution in [3.05, 3.63) is 28.8 Å². The quantitative estimate of drug-likeness (QED) is 0.781. The first kappa shape index (κ1) is 18.5. The number of nitrogens with one attached hydrogen (secondary N) is 1. The van der Waals surface area contributed by atoms with Crippen molar-refractivity contribution >= 4 is 34.8 Å². The number of anilines is 1. The van der Waals surface area contributed by atoms with Gasteiger partial charge in [0.2, 0.25) is 5.91 Å². The Morgan fingerprint density at radius 3 is 2.70 bits per heavy atom. The van der Waals surface area contributed by atoms with E-state index in [9.17, 15) is 9.59 Å². The molecule has 2 amide bonds. The average Bonchev–Trinajstić information content (AvgIpc) is 3.20. The van der Waals surface area contributed by atoms with Crippen molar-refractivity contribution in [2.75, 3.05) is 11.4 Å². The third-order valence-corrected chi connectivity index (χ3v) is 7.70. The summed E-state index contributed by atoms with van der Waals surface area (Å²) >= 11 is 6.27. The first-order chi connectivity index (χ1) is 12.7. The van der Waals surface area contributed by atoms with Crippen LogP contribution in [0.3, 0.4) is 0 Å². The molecule has 2 bridgehead atoms. The Morgan fingerprint density at radius 2 is 2.11 bits per heavy atom. The van der Waals surface area contributed by atoms with Crippen LogP contribution in [0.25, 0.3) is 0 Å². The Morgan fingerprint density at radius 1 is 1.33 bits per heavy atom. The molecule has 2 atom stereocenters. The number of hydrogen-bond donors (Lipinski definition) is 1. The summed E-state index contributed by atoms with van der Waals surface area (Å²) < 4.78 is 0. The molecule has 0 radical (unpaired) electrons. The number of fused-ring (bicyclic) bond motifs is 2. The fourth-order valence-electron chi connectivity index (χ4n) is 5.04. The molecule has 0 spiro atoms. The molecular formula is C21H26ClN3O2. The normalized spacial score (nSPS) is 30.4. The smallest absolute Gasteiger partial charge is 0.271 e. The van der Waals surface area contributed by atoms with Crippen LogP contribution >= 0.6 is 11.6 Å². The predicted molar refractivity (Wildman–Crippen MR) is 107 cm³/mol. The molecule has 4 rings (SSSR count). The number of carbonyl (C=O) groups excluding carboxylic acids is 2. The third-order valence-electron chi connectivity index (χ3n) is 7.38. The summed E-state index contributed by atoms with van der Waals surface area (Å²) in [4.78, 5) is 26.3. The van der Waals surface area contributed by atoms with E-state index < -0.39 is 0 Å². The molecule has 1 aliphatic heterocycles. The Hall–Kier alpha value is -1.88. The summed E-state index contributed by atoms with van der Waals surface area (Å²) in [6.07, 6.45) is 4.66. The number of benzene rings is 1. The first-order valence-electron chi connectivity index (χ1n) is 9.71. The number of carbonyl (C=O) groups is 2. The summed E-state index contributed by atoms with van der Waals surface area (Å²) in [6.45, 7) is 7.53. The number of hydrogen-bond acceptors (Lipinski definition) is 3. The fraction of sp³-hybridized carbons (Fsp3) is 0.571. The largest absolute Gasteiger partial charge is 0.311 e. The minimum atomic E-state index is -0.267. The number of rotatable bonds is 3. The Balaban J connectivity index is 1.54. The van der Waals surface area contributed by atoms with Gasteiger partial charge in [0, 0.05) is 29.7 Å². The lowest BCUT2D eigenvalue weighted by atomic mass is 9.70. The van der Waals surface area contributed by atoms with E-state index >= 15 is 0 Å². The standard InChI is InChI=1S/C21H26ClN3O2/c1-20(2)14-8-9-21(20,3)17(12-14)23-24-19(27)13-6-7-15(22)16(11-13)25-10-4-5-18(25)26/h6-7,11,14H,4-5,8-10,12H2,1-3H3,(H,24,27)/b23-17+/t14-,21+/m0/s1. The van der Waals surface area contributed by atoms with Crippen LogP contribution in [-0.4, -0.2) is 24.1 Å². The second-order valence-electron chi connectivity index (χ2n) is 8.81. The molecule has 27 heavy (non-hydrogen) atoms. The van der Waals surface area contributed by atoms with Crippen molar-refractivity contribution in [1.29, 1.82) is 0 Å². The van der Waals surface area contributed by atoms with Crippen molar-refractivity contribution in [2.45, 2.75) is 52.9 Å². The van der Waals surface area contributed by atoms with Crippen LogP contribution in [-0.2, 0) is 4.79 Å². The van der Waals surface area contributed by atoms with Gasteiger partial charge in [-0.05, 0) is 55.2 Å². The maximum atomic E-state index is 12.7. The van der Waals surface area contributed by atoms with Gasteiger partial charge < -0.3 is 4.90 Å². The average molecular weight is 388 g/mol. The lowest BCUT2D eigenvalue weighted by molar-refractivity contribution is -0.117. The highest BCUT2D eigenvalue weighted by Crippen LogP contribution is 2.63. The second kappa shape index (κ2) is 6.33. The van der Waals surface area contributed by atoms with Crippen LogP contribution < -0.4 is 10.3 Å². The second-order valence-corrected chi connectivity index (χ2v) is 9.22. The van der Waals surface area contributed by atoms with E-state index in [0.717, 1.165) is 25.0 Å². The number of amides is 2. The predicted octanol–water partition coefficient (Wildman–Crippen LogP) is 4.40. The zero-order valence-electron chi connectivity index (χ0n) is 16.1. The molecule has 3 fully saturated rings. The molecule has 1 aromatic carbocycles. The van der Waals surface area contributed by atoms with Crippen LogP contribution in [0.1, 0.15) is 63.2 Å². The Bertz CT molecular complexity index is 848. The van der Waals surface area contributed by atoms with Gasteiger partial charge in [-0.1, -0.05) is 32.4 Å². The summed E-state index contributed by atoms with van der Waals surface area (Å²) in [5, 5.41) is 5.00. The topological polar surface area (TPSA) is 61.8 Å². The van der Waals surface area contributed by atoms with Crippen LogP contribution in [0.15, 0.2) is 23.3 Å². The molecule has 5 nitrogen and oxygen atoms in total. The van der Waals surface area contributed by atoms with E-state index in [1.165, 1.54) is 6.42 Å². The Kier molecular flexibility index (Phi) is 4.34. The first-order valence-corrected chi connectivity index (χ1v) is 10.1. The molecule has 0 unspecified atom stereocenters. The number of hydrazone groups is 1. The minimum absolute atomic E-state index is 0.0480. The molecule has 0 aromatic heterocycles. The van der Waals surface area contributed by atoms with E-state index in [0.29, 0.717) is 35.2 Å². The van der Waals surface area contributed by atoms with E-state index in [1.807, 2.05) is 0 Å². The van der Waals surface area contributed by atoms with Crippen LogP contribution in [0.2, 0.25) is 5.02 Å². The van der Waals surface area contributed by atoms with Gasteiger partial charge in [-0.3, -0.25) is 9.59 Å². The van der Waals surface area contributed by atoms with Crippen molar-refractivity contribution in [2.24, 2.45) is 21.8 Å². The zero-order chi connectivity index (χ0) is 19.4. The highest BCUT2D eigenvalue weighted by atomic mass is 35.5. The molecule has 1 N–H and O–H groups in total. The van der Waals surface area contributed by atoms with Gasteiger partial charge in [0.05, 0.1) is 10.7 Å². The molecule has 1 saturated heterocycles. The maximum Gasteiger partial charge on any atom is 0.271 e. The third kappa shape index (κ3) is 2.78. The number of nitrogens with zero attached hydrogens (tertiary/aromatic N) is 2. The monoisotopic (exact) mass is 387 g/mol. The summed E-state index contributed by atoms with van der Waals surface area (Å²) in [7, 11) is 0. The summed E-state index contributed by atoms with van der Waals surface area (Å²) in [5.74, 6) is 0.421. The molecule has 1 heterocycles. The lowest BCUT2D eigenvalue weighted by Gasteiger charge is -2.34. The summed E-state index contributed by atoms with van der Waals surface area (Å²) in [5.41, 5.74) is 5.18. The molecular weight excluding hydrogens is 362 g/mol. The van der Waals surface area contributed by atoms with Crippen LogP contribution in [0.5, 0.6) is 0 Å². The zero-order valence-corrected chi connectivity index (χ0v) is 16.9. The summed E-state index contributed by atoms with van der Waals surface area (Å²) in [6, 6.07) is 5.04. The maximum absolute atomic E-state index is 12.7. The van der Waals surface area contributed by atoms with Crippen molar-refractivity contribution in [3.63, 3.8) is 0 Å².